The van der Waals surface area contributed by atoms with Gasteiger partial charge in [-0.15, -0.1) is 0 Å². The molecule has 7 heteroatoms. The molecule has 0 saturated heterocycles. The molecule has 1 amide bonds. The Balaban J connectivity index is 1.76. The minimum Gasteiger partial charge on any atom is -0.337 e. The van der Waals surface area contributed by atoms with Gasteiger partial charge in [-0.3, -0.25) is 9.89 Å². The minimum atomic E-state index is -0.0413. The number of amides is 1. The molecule has 1 atom stereocenters. The number of aromatic amines is 2. The average molecular weight is 294 g/mol. The van der Waals surface area contributed by atoms with Crippen LogP contribution in [0.1, 0.15) is 18.9 Å². The van der Waals surface area contributed by atoms with Crippen molar-refractivity contribution in [1.29, 1.82) is 0 Å². The molecule has 1 aromatic carbocycles. The van der Waals surface area contributed by atoms with Crippen molar-refractivity contribution in [2.24, 2.45) is 11.0 Å². The van der Waals surface area contributed by atoms with Gasteiger partial charge in [-0.05, 0) is 18.2 Å². The fourth-order valence-electron chi connectivity index (χ4n) is 2.69. The second-order valence-electron chi connectivity index (χ2n) is 5.42. The van der Waals surface area contributed by atoms with Crippen molar-refractivity contribution in [2.75, 3.05) is 0 Å². The number of carbonyl (C=O) groups excluding carboxylic acids is 1. The van der Waals surface area contributed by atoms with Gasteiger partial charge in [0.2, 0.25) is 5.91 Å². The fraction of sp³-hybridized carbons (Fsp3) is 0.200. The van der Waals surface area contributed by atoms with Gasteiger partial charge in [-0.2, -0.15) is 10.2 Å². The summed E-state index contributed by atoms with van der Waals surface area (Å²) >= 11 is 0. The Hall–Kier alpha value is -2.96. The number of nitrogens with zero attached hydrogens (tertiary/aromatic N) is 3. The lowest BCUT2D eigenvalue weighted by atomic mass is 9.94. The first-order valence-corrected chi connectivity index (χ1v) is 7.07. The van der Waals surface area contributed by atoms with Crippen LogP contribution in [0.25, 0.3) is 22.6 Å². The summed E-state index contributed by atoms with van der Waals surface area (Å²) in [6, 6.07) is 7.80. The normalized spacial score (nSPS) is 18.3. The number of carbonyl (C=O) groups is 1. The van der Waals surface area contributed by atoms with Crippen LogP contribution in [-0.4, -0.2) is 31.8 Å². The number of rotatable bonds is 2. The molecule has 0 fully saturated rings. The average Bonchev–Trinajstić information content (AvgIpc) is 3.15. The van der Waals surface area contributed by atoms with Gasteiger partial charge in [-0.1, -0.05) is 13.0 Å². The Bertz CT molecular complexity index is 877. The van der Waals surface area contributed by atoms with Gasteiger partial charge in [0.1, 0.15) is 5.69 Å². The van der Waals surface area contributed by atoms with Crippen molar-refractivity contribution in [1.82, 2.24) is 25.6 Å². The third-order valence-corrected chi connectivity index (χ3v) is 3.79. The molecular weight excluding hydrogens is 280 g/mol. The summed E-state index contributed by atoms with van der Waals surface area (Å²) in [4.78, 5) is 19.2. The highest BCUT2D eigenvalue weighted by molar-refractivity contribution is 6.07. The highest BCUT2D eigenvalue weighted by atomic mass is 16.2. The molecule has 3 aromatic rings. The maximum Gasteiger partial charge on any atom is 0.240 e. The van der Waals surface area contributed by atoms with Crippen LogP contribution in [0, 0.1) is 5.92 Å². The van der Waals surface area contributed by atoms with E-state index in [2.05, 4.69) is 30.7 Å². The molecular formula is C15H14N6O. The molecule has 2 aromatic heterocycles. The molecule has 0 bridgehead atoms. The zero-order chi connectivity index (χ0) is 15.1. The summed E-state index contributed by atoms with van der Waals surface area (Å²) in [5.74, 6) is 0.804. The number of aromatic nitrogens is 4. The van der Waals surface area contributed by atoms with Crippen LogP contribution in [0.2, 0.25) is 0 Å². The number of hydrogen-bond acceptors (Lipinski definition) is 4. The third-order valence-electron chi connectivity index (χ3n) is 3.79. The summed E-state index contributed by atoms with van der Waals surface area (Å²) in [6.45, 7) is 2.00. The van der Waals surface area contributed by atoms with Gasteiger partial charge in [0.05, 0.1) is 16.7 Å². The number of H-pyrrole nitrogens is 2. The smallest absolute Gasteiger partial charge is 0.240 e. The molecule has 3 N–H and O–H groups in total. The highest BCUT2D eigenvalue weighted by Crippen LogP contribution is 2.22. The second-order valence-corrected chi connectivity index (χ2v) is 5.42. The number of benzene rings is 1. The van der Waals surface area contributed by atoms with Gasteiger partial charge in [-0.25, -0.2) is 10.4 Å². The van der Waals surface area contributed by atoms with E-state index < -0.39 is 0 Å². The van der Waals surface area contributed by atoms with E-state index in [9.17, 15) is 4.79 Å². The topological polar surface area (TPSA) is 98.8 Å². The van der Waals surface area contributed by atoms with Crippen molar-refractivity contribution in [2.45, 2.75) is 13.3 Å². The maximum absolute atomic E-state index is 11.4. The lowest BCUT2D eigenvalue weighted by Gasteiger charge is -2.18. The molecule has 1 aliphatic heterocycles. The van der Waals surface area contributed by atoms with E-state index in [1.54, 1.807) is 6.20 Å². The van der Waals surface area contributed by atoms with Crippen LogP contribution in [0.15, 0.2) is 35.6 Å². The number of nitrogens with one attached hydrogen (secondary N) is 3. The van der Waals surface area contributed by atoms with E-state index in [-0.39, 0.29) is 11.8 Å². The zero-order valence-corrected chi connectivity index (χ0v) is 11.9. The first-order valence-electron chi connectivity index (χ1n) is 7.07. The van der Waals surface area contributed by atoms with Gasteiger partial charge >= 0.3 is 0 Å². The molecule has 3 heterocycles. The van der Waals surface area contributed by atoms with E-state index in [4.69, 9.17) is 0 Å². The molecule has 1 aliphatic rings. The van der Waals surface area contributed by atoms with E-state index in [0.717, 1.165) is 33.8 Å². The lowest BCUT2D eigenvalue weighted by molar-refractivity contribution is -0.121. The summed E-state index contributed by atoms with van der Waals surface area (Å²) < 4.78 is 0. The van der Waals surface area contributed by atoms with E-state index in [1.165, 1.54) is 0 Å². The molecule has 0 unspecified atom stereocenters. The Kier molecular flexibility index (Phi) is 2.78. The third kappa shape index (κ3) is 2.07. The minimum absolute atomic E-state index is 0.0413. The molecule has 0 spiro atoms. The van der Waals surface area contributed by atoms with Gasteiger partial charge in [0.15, 0.2) is 5.82 Å². The van der Waals surface area contributed by atoms with Gasteiger partial charge in [0, 0.05) is 24.1 Å². The van der Waals surface area contributed by atoms with Crippen molar-refractivity contribution in [3.05, 3.63) is 36.0 Å². The molecule has 7 nitrogen and oxygen atoms in total. The lowest BCUT2D eigenvalue weighted by Crippen LogP contribution is -2.31. The molecule has 22 heavy (non-hydrogen) atoms. The molecule has 0 saturated carbocycles. The molecule has 0 aliphatic carbocycles. The summed E-state index contributed by atoms with van der Waals surface area (Å²) in [5, 5.41) is 11.0. The first kappa shape index (κ1) is 12.8. The van der Waals surface area contributed by atoms with Crippen LogP contribution in [0.4, 0.5) is 0 Å². The Labute approximate surface area is 125 Å². The van der Waals surface area contributed by atoms with Crippen LogP contribution < -0.4 is 5.43 Å². The Morgan fingerprint density at radius 1 is 1.27 bits per heavy atom. The number of hydrazone groups is 1. The van der Waals surface area contributed by atoms with Crippen molar-refractivity contribution in [3.8, 4) is 11.5 Å². The summed E-state index contributed by atoms with van der Waals surface area (Å²) in [6.07, 6.45) is 2.15. The zero-order valence-electron chi connectivity index (χ0n) is 11.9. The van der Waals surface area contributed by atoms with E-state index >= 15 is 0 Å². The standard InChI is InChI=1S/C15H14N6O/c1-8-6-13(22)20-21-14(8)9-2-3-10-12(7-9)18-15(17-10)11-4-5-16-19-11/h2-5,7-8H,6H2,1H3,(H,16,19)(H,17,18)(H,20,22)/t8-/m0/s1. The SMILES string of the molecule is C[C@H]1CC(=O)NN=C1c1ccc2nc(-c3ccn[nH]3)[nH]c2c1. The Morgan fingerprint density at radius 3 is 2.95 bits per heavy atom. The van der Waals surface area contributed by atoms with Gasteiger partial charge in [0.25, 0.3) is 0 Å². The van der Waals surface area contributed by atoms with Crippen LogP contribution >= 0.6 is 0 Å². The number of hydrogen-bond donors (Lipinski definition) is 3. The fourth-order valence-corrected chi connectivity index (χ4v) is 2.69. The summed E-state index contributed by atoms with van der Waals surface area (Å²) in [7, 11) is 0. The monoisotopic (exact) mass is 294 g/mol. The predicted molar refractivity (Wildman–Crippen MR) is 82.1 cm³/mol. The number of imidazole rings is 1. The van der Waals surface area contributed by atoms with Crippen molar-refractivity contribution in [3.63, 3.8) is 0 Å². The van der Waals surface area contributed by atoms with Crippen molar-refractivity contribution >= 4 is 22.7 Å². The summed E-state index contributed by atoms with van der Waals surface area (Å²) in [5.41, 5.74) is 7.06. The molecule has 4 rings (SSSR count). The molecule has 110 valence electrons. The van der Waals surface area contributed by atoms with Crippen LogP contribution in [0.3, 0.4) is 0 Å². The number of fused-ring (bicyclic) bond motifs is 1. The maximum atomic E-state index is 11.4. The Morgan fingerprint density at radius 2 is 2.18 bits per heavy atom. The quantitative estimate of drug-likeness (QED) is 0.672. The predicted octanol–water partition coefficient (Wildman–Crippen LogP) is 1.81. The van der Waals surface area contributed by atoms with E-state index in [1.807, 2.05) is 31.2 Å². The van der Waals surface area contributed by atoms with Crippen molar-refractivity contribution < 1.29 is 4.79 Å². The van der Waals surface area contributed by atoms with E-state index in [0.29, 0.717) is 6.42 Å². The second kappa shape index (κ2) is 4.80. The first-order chi connectivity index (χ1) is 10.7. The highest BCUT2D eigenvalue weighted by Gasteiger charge is 2.22. The largest absolute Gasteiger partial charge is 0.337 e. The van der Waals surface area contributed by atoms with Crippen LogP contribution in [0.5, 0.6) is 0 Å². The molecule has 0 radical (unpaired) electrons. The van der Waals surface area contributed by atoms with Crippen LogP contribution in [-0.2, 0) is 4.79 Å². The van der Waals surface area contributed by atoms with Gasteiger partial charge < -0.3 is 4.98 Å².